The third kappa shape index (κ3) is 4.28. The normalized spacial score (nSPS) is 10.1. The van der Waals surface area contributed by atoms with Crippen molar-refractivity contribution in [3.05, 3.63) is 64.7 Å². The fourth-order valence-electron chi connectivity index (χ4n) is 1.75. The number of benzene rings is 2. The molecule has 0 aliphatic carbocycles. The summed E-state index contributed by atoms with van der Waals surface area (Å²) in [6.45, 7) is 2.71. The third-order valence-electron chi connectivity index (χ3n) is 2.94. The van der Waals surface area contributed by atoms with Crippen molar-refractivity contribution in [2.45, 2.75) is 13.5 Å². The van der Waals surface area contributed by atoms with Crippen molar-refractivity contribution in [2.24, 2.45) is 0 Å². The zero-order valence-electron chi connectivity index (χ0n) is 11.3. The van der Waals surface area contributed by atoms with E-state index >= 15 is 0 Å². The Labute approximate surface area is 124 Å². The molecule has 2 aromatic rings. The van der Waals surface area contributed by atoms with Gasteiger partial charge in [-0.1, -0.05) is 47.5 Å². The molecular weight excluding hydrogens is 272 g/mol. The molecule has 104 valence electrons. The van der Waals surface area contributed by atoms with Crippen molar-refractivity contribution in [3.8, 4) is 0 Å². The van der Waals surface area contributed by atoms with Crippen LogP contribution in [0, 0.1) is 6.92 Å². The van der Waals surface area contributed by atoms with Crippen LogP contribution in [-0.2, 0) is 11.3 Å². The van der Waals surface area contributed by atoms with Crippen LogP contribution in [0.4, 0.5) is 5.69 Å². The summed E-state index contributed by atoms with van der Waals surface area (Å²) in [6, 6.07) is 15.4. The van der Waals surface area contributed by atoms with Crippen LogP contribution in [0.5, 0.6) is 0 Å². The van der Waals surface area contributed by atoms with E-state index in [2.05, 4.69) is 10.6 Å². The number of carbonyl (C=O) groups is 1. The van der Waals surface area contributed by atoms with Crippen molar-refractivity contribution in [2.75, 3.05) is 11.9 Å². The first kappa shape index (κ1) is 14.4. The van der Waals surface area contributed by atoms with Crippen molar-refractivity contribution in [1.29, 1.82) is 0 Å². The number of anilines is 1. The van der Waals surface area contributed by atoms with E-state index in [9.17, 15) is 4.79 Å². The molecule has 0 aliphatic heterocycles. The van der Waals surface area contributed by atoms with Gasteiger partial charge in [0, 0.05) is 17.3 Å². The Balaban J connectivity index is 1.78. The van der Waals surface area contributed by atoms with Crippen LogP contribution < -0.4 is 10.6 Å². The van der Waals surface area contributed by atoms with Crippen LogP contribution in [0.3, 0.4) is 0 Å². The summed E-state index contributed by atoms with van der Waals surface area (Å²) < 4.78 is 0. The van der Waals surface area contributed by atoms with Gasteiger partial charge < -0.3 is 10.6 Å². The molecule has 0 aliphatic rings. The Morgan fingerprint density at radius 1 is 1.10 bits per heavy atom. The lowest BCUT2D eigenvalue weighted by atomic mass is 10.2. The fraction of sp³-hybridized carbons (Fsp3) is 0.188. The summed E-state index contributed by atoms with van der Waals surface area (Å²) in [4.78, 5) is 11.8. The van der Waals surface area contributed by atoms with Crippen LogP contribution in [0.2, 0.25) is 5.02 Å². The van der Waals surface area contributed by atoms with Crippen molar-refractivity contribution in [3.63, 3.8) is 0 Å². The van der Waals surface area contributed by atoms with E-state index in [4.69, 9.17) is 11.6 Å². The topological polar surface area (TPSA) is 41.1 Å². The smallest absolute Gasteiger partial charge is 0.239 e. The minimum absolute atomic E-state index is 0.0644. The van der Waals surface area contributed by atoms with Gasteiger partial charge in [-0.2, -0.15) is 0 Å². The van der Waals surface area contributed by atoms with Crippen LogP contribution >= 0.6 is 11.6 Å². The van der Waals surface area contributed by atoms with Gasteiger partial charge in [-0.3, -0.25) is 4.79 Å². The summed E-state index contributed by atoms with van der Waals surface area (Å²) in [5.41, 5.74) is 3.04. The molecule has 0 saturated carbocycles. The van der Waals surface area contributed by atoms with E-state index in [1.165, 1.54) is 5.56 Å². The van der Waals surface area contributed by atoms with Crippen LogP contribution in [0.15, 0.2) is 48.5 Å². The van der Waals surface area contributed by atoms with Crippen LogP contribution in [0.25, 0.3) is 0 Å². The SMILES string of the molecule is Cc1ccc(NCC(=O)NCc2ccccc2Cl)cc1. The number of carbonyl (C=O) groups excluding carboxylic acids is 1. The van der Waals surface area contributed by atoms with Gasteiger partial charge >= 0.3 is 0 Å². The number of nitrogens with one attached hydrogen (secondary N) is 2. The number of amides is 1. The molecule has 1 amide bonds. The lowest BCUT2D eigenvalue weighted by molar-refractivity contribution is -0.119. The lowest BCUT2D eigenvalue weighted by Crippen LogP contribution is -2.29. The van der Waals surface area contributed by atoms with Crippen LogP contribution in [-0.4, -0.2) is 12.5 Å². The molecule has 2 N–H and O–H groups in total. The second-order valence-electron chi connectivity index (χ2n) is 4.59. The maximum atomic E-state index is 11.8. The Morgan fingerprint density at radius 3 is 2.50 bits per heavy atom. The quantitative estimate of drug-likeness (QED) is 0.885. The van der Waals surface area contributed by atoms with Crippen LogP contribution in [0.1, 0.15) is 11.1 Å². The highest BCUT2D eigenvalue weighted by atomic mass is 35.5. The van der Waals surface area contributed by atoms with Gasteiger partial charge in [-0.15, -0.1) is 0 Å². The summed E-state index contributed by atoms with van der Waals surface area (Å²) >= 11 is 6.03. The Hall–Kier alpha value is -2.00. The van der Waals surface area contributed by atoms with Crippen molar-refractivity contribution < 1.29 is 4.79 Å². The van der Waals surface area contributed by atoms with E-state index in [0.717, 1.165) is 11.3 Å². The molecule has 0 radical (unpaired) electrons. The maximum Gasteiger partial charge on any atom is 0.239 e. The summed E-state index contributed by atoms with van der Waals surface area (Å²) in [5, 5.41) is 6.58. The van der Waals surface area contributed by atoms with Gasteiger partial charge in [0.1, 0.15) is 0 Å². The summed E-state index contributed by atoms with van der Waals surface area (Å²) in [5.74, 6) is -0.0644. The van der Waals surface area contributed by atoms with E-state index in [0.29, 0.717) is 11.6 Å². The van der Waals surface area contributed by atoms with Gasteiger partial charge in [0.25, 0.3) is 0 Å². The van der Waals surface area contributed by atoms with E-state index in [1.54, 1.807) is 0 Å². The minimum atomic E-state index is -0.0644. The lowest BCUT2D eigenvalue weighted by Gasteiger charge is -2.09. The number of rotatable bonds is 5. The fourth-order valence-corrected chi connectivity index (χ4v) is 1.95. The molecular formula is C16H17ClN2O. The molecule has 20 heavy (non-hydrogen) atoms. The maximum absolute atomic E-state index is 11.8. The monoisotopic (exact) mass is 288 g/mol. The van der Waals surface area contributed by atoms with Gasteiger partial charge in [-0.05, 0) is 30.7 Å². The molecule has 0 saturated heterocycles. The zero-order valence-corrected chi connectivity index (χ0v) is 12.1. The highest BCUT2D eigenvalue weighted by Gasteiger charge is 2.03. The van der Waals surface area contributed by atoms with Gasteiger partial charge in [-0.25, -0.2) is 0 Å². The molecule has 0 fully saturated rings. The van der Waals surface area contributed by atoms with E-state index in [-0.39, 0.29) is 12.5 Å². The first-order chi connectivity index (χ1) is 9.65. The summed E-state index contributed by atoms with van der Waals surface area (Å²) in [7, 11) is 0. The zero-order chi connectivity index (χ0) is 14.4. The molecule has 0 atom stereocenters. The first-order valence-corrected chi connectivity index (χ1v) is 6.83. The molecule has 0 bridgehead atoms. The van der Waals surface area contributed by atoms with Crippen molar-refractivity contribution >= 4 is 23.2 Å². The summed E-state index contributed by atoms with van der Waals surface area (Å²) in [6.07, 6.45) is 0. The Bertz CT molecular complexity index is 581. The highest BCUT2D eigenvalue weighted by molar-refractivity contribution is 6.31. The predicted octanol–water partition coefficient (Wildman–Crippen LogP) is 3.38. The molecule has 0 aromatic heterocycles. The molecule has 0 spiro atoms. The predicted molar refractivity (Wildman–Crippen MR) is 83.0 cm³/mol. The highest BCUT2D eigenvalue weighted by Crippen LogP contribution is 2.14. The second-order valence-corrected chi connectivity index (χ2v) is 4.99. The molecule has 4 heteroatoms. The molecule has 3 nitrogen and oxygen atoms in total. The Morgan fingerprint density at radius 2 is 1.80 bits per heavy atom. The van der Waals surface area contributed by atoms with E-state index < -0.39 is 0 Å². The standard InChI is InChI=1S/C16H17ClN2O/c1-12-6-8-14(9-7-12)18-11-16(20)19-10-13-4-2-3-5-15(13)17/h2-9,18H,10-11H2,1H3,(H,19,20). The Kier molecular flexibility index (Phi) is 5.02. The third-order valence-corrected chi connectivity index (χ3v) is 3.31. The largest absolute Gasteiger partial charge is 0.376 e. The van der Waals surface area contributed by atoms with E-state index in [1.807, 2.05) is 55.5 Å². The van der Waals surface area contributed by atoms with Crippen molar-refractivity contribution in [1.82, 2.24) is 5.32 Å². The van der Waals surface area contributed by atoms with Gasteiger partial charge in [0.05, 0.1) is 6.54 Å². The number of aryl methyl sites for hydroxylation is 1. The molecule has 0 heterocycles. The molecule has 0 unspecified atom stereocenters. The van der Waals surface area contributed by atoms with Gasteiger partial charge in [0.2, 0.25) is 5.91 Å². The molecule has 2 rings (SSSR count). The first-order valence-electron chi connectivity index (χ1n) is 6.46. The number of hydrogen-bond donors (Lipinski definition) is 2. The number of halogens is 1. The average Bonchev–Trinajstić information content (AvgIpc) is 2.46. The average molecular weight is 289 g/mol. The molecule has 2 aromatic carbocycles. The van der Waals surface area contributed by atoms with Gasteiger partial charge in [0.15, 0.2) is 0 Å². The minimum Gasteiger partial charge on any atom is -0.376 e. The second kappa shape index (κ2) is 6.96. The number of hydrogen-bond acceptors (Lipinski definition) is 2.